The van der Waals surface area contributed by atoms with E-state index in [1.807, 2.05) is 0 Å². The highest BCUT2D eigenvalue weighted by atomic mass is 16.6. The summed E-state index contributed by atoms with van der Waals surface area (Å²) in [6, 6.07) is 0. The molecule has 0 N–H and O–H groups in total. The maximum Gasteiger partial charge on any atom is 0.491 e. The number of Topliss-reactive ketones (excluding diaryl/α,β-unsaturated/α-hetero) is 2. The number of aromatic nitrogens is 6. The van der Waals surface area contributed by atoms with Gasteiger partial charge in [-0.25, -0.2) is 0 Å². The molecule has 2 aromatic rings. The summed E-state index contributed by atoms with van der Waals surface area (Å²) in [7, 11) is 0. The molecule has 0 saturated heterocycles. The summed E-state index contributed by atoms with van der Waals surface area (Å²) >= 11 is 0. The Hall–Kier alpha value is -3.58. The summed E-state index contributed by atoms with van der Waals surface area (Å²) in [5, 5.41) is 29.1. The third-order valence-electron chi connectivity index (χ3n) is 2.58. The Balaban J connectivity index is 2.58. The molecule has 0 aliphatic rings. The molecule has 126 valence electrons. The molecule has 0 bridgehead atoms. The van der Waals surface area contributed by atoms with Gasteiger partial charge in [0.1, 0.15) is 6.54 Å². The van der Waals surface area contributed by atoms with Gasteiger partial charge in [0, 0.05) is 5.10 Å². The van der Waals surface area contributed by atoms with Crippen LogP contribution in [0.5, 0.6) is 0 Å². The summed E-state index contributed by atoms with van der Waals surface area (Å²) in [6.45, 7) is 1.66. The zero-order valence-corrected chi connectivity index (χ0v) is 12.4. The molecule has 14 heteroatoms. The van der Waals surface area contributed by atoms with Gasteiger partial charge >= 0.3 is 23.5 Å². The van der Waals surface area contributed by atoms with Crippen LogP contribution in [-0.2, 0) is 22.7 Å². The Kier molecular flexibility index (Phi) is 4.38. The number of nitro groups is 2. The van der Waals surface area contributed by atoms with Crippen molar-refractivity contribution in [3.05, 3.63) is 20.2 Å². The summed E-state index contributed by atoms with van der Waals surface area (Å²) in [4.78, 5) is 49.6. The molecule has 0 spiro atoms. The first-order chi connectivity index (χ1) is 11.2. The van der Waals surface area contributed by atoms with E-state index in [0.29, 0.717) is 0 Å². The minimum atomic E-state index is -0.888. The van der Waals surface area contributed by atoms with E-state index in [9.17, 15) is 29.8 Å². The standard InChI is InChI=1S/C10H10N8O6/c1-5(19)3-15-8(12-9(14-15)17(21)22)7-11-10(18(23)24)16(13-7)4-6(2)20/h3-4H2,1-2H3. The molecule has 0 saturated carbocycles. The second-order valence-corrected chi connectivity index (χ2v) is 4.70. The summed E-state index contributed by atoms with van der Waals surface area (Å²) in [6.07, 6.45) is 0. The molecule has 0 aromatic carbocycles. The van der Waals surface area contributed by atoms with Crippen LogP contribution in [-0.4, -0.2) is 50.9 Å². The minimum Gasteiger partial charge on any atom is -0.390 e. The topological polar surface area (TPSA) is 182 Å². The first-order valence-electron chi connectivity index (χ1n) is 6.36. The largest absolute Gasteiger partial charge is 0.491 e. The molecule has 0 unspecified atom stereocenters. The van der Waals surface area contributed by atoms with Crippen LogP contribution in [0.4, 0.5) is 11.9 Å². The van der Waals surface area contributed by atoms with Gasteiger partial charge < -0.3 is 20.2 Å². The Morgan fingerprint density at radius 3 is 2.04 bits per heavy atom. The molecule has 0 fully saturated rings. The van der Waals surface area contributed by atoms with Crippen LogP contribution >= 0.6 is 0 Å². The normalized spacial score (nSPS) is 10.6. The van der Waals surface area contributed by atoms with Gasteiger partial charge in [0.2, 0.25) is 0 Å². The Labute approximate surface area is 132 Å². The number of hydrogen-bond donors (Lipinski definition) is 0. The summed E-state index contributed by atoms with van der Waals surface area (Å²) in [5.74, 6) is -2.98. The van der Waals surface area contributed by atoms with Crippen LogP contribution < -0.4 is 0 Å². The quantitative estimate of drug-likeness (QED) is 0.472. The van der Waals surface area contributed by atoms with E-state index in [1.54, 1.807) is 0 Å². The fourth-order valence-corrected chi connectivity index (χ4v) is 1.77. The van der Waals surface area contributed by atoms with E-state index < -0.39 is 34.1 Å². The predicted molar refractivity (Wildman–Crippen MR) is 73.7 cm³/mol. The van der Waals surface area contributed by atoms with Gasteiger partial charge in [-0.3, -0.25) is 9.59 Å². The summed E-state index contributed by atoms with van der Waals surface area (Å²) < 4.78 is 1.61. The first kappa shape index (κ1) is 16.8. The van der Waals surface area contributed by atoms with E-state index in [2.05, 4.69) is 20.2 Å². The molecule has 0 amide bonds. The van der Waals surface area contributed by atoms with Gasteiger partial charge in [-0.2, -0.15) is 4.68 Å². The zero-order valence-electron chi connectivity index (χ0n) is 12.4. The van der Waals surface area contributed by atoms with Gasteiger partial charge in [-0.15, -0.1) is 4.68 Å². The van der Waals surface area contributed by atoms with E-state index in [1.165, 1.54) is 13.8 Å². The van der Waals surface area contributed by atoms with Crippen molar-refractivity contribution in [2.45, 2.75) is 26.9 Å². The van der Waals surface area contributed by atoms with Crippen molar-refractivity contribution in [1.82, 2.24) is 29.5 Å². The molecule has 0 aliphatic carbocycles. The van der Waals surface area contributed by atoms with Crippen molar-refractivity contribution in [2.24, 2.45) is 0 Å². The average molecular weight is 338 g/mol. The number of nitrogens with zero attached hydrogens (tertiary/aromatic N) is 8. The molecular formula is C10H10N8O6. The average Bonchev–Trinajstić information content (AvgIpc) is 3.01. The second kappa shape index (κ2) is 6.27. The van der Waals surface area contributed by atoms with Gasteiger partial charge in [-0.05, 0) is 33.7 Å². The van der Waals surface area contributed by atoms with Crippen LogP contribution in [0.3, 0.4) is 0 Å². The van der Waals surface area contributed by atoms with Gasteiger partial charge in [0.25, 0.3) is 0 Å². The van der Waals surface area contributed by atoms with Crippen molar-refractivity contribution in [3.8, 4) is 11.6 Å². The number of rotatable bonds is 7. The lowest BCUT2D eigenvalue weighted by Gasteiger charge is -1.94. The Morgan fingerprint density at radius 2 is 1.54 bits per heavy atom. The fraction of sp³-hybridized carbons (Fsp3) is 0.400. The number of carbonyl (C=O) groups is 2. The van der Waals surface area contributed by atoms with E-state index >= 15 is 0 Å². The van der Waals surface area contributed by atoms with Gasteiger partial charge in [-0.1, -0.05) is 5.10 Å². The molecule has 0 atom stereocenters. The highest BCUT2D eigenvalue weighted by Crippen LogP contribution is 2.20. The minimum absolute atomic E-state index is 0.290. The van der Waals surface area contributed by atoms with Crippen molar-refractivity contribution in [2.75, 3.05) is 0 Å². The Bertz CT molecular complexity index is 852. The van der Waals surface area contributed by atoms with Gasteiger partial charge in [0.05, 0.1) is 0 Å². The molecule has 24 heavy (non-hydrogen) atoms. The van der Waals surface area contributed by atoms with Crippen molar-refractivity contribution < 1.29 is 19.4 Å². The third kappa shape index (κ3) is 3.42. The molecule has 2 heterocycles. The lowest BCUT2D eigenvalue weighted by atomic mass is 10.4. The lowest BCUT2D eigenvalue weighted by molar-refractivity contribution is -0.397. The smallest absolute Gasteiger partial charge is 0.390 e. The zero-order chi connectivity index (χ0) is 18.0. The SMILES string of the molecule is CC(=O)Cn1nc([N+](=O)[O-])nc1-c1nc([N+](=O)[O-])n(CC(C)=O)n1. The molecule has 0 radical (unpaired) electrons. The maximum absolute atomic E-state index is 11.2. The molecule has 2 rings (SSSR count). The van der Waals surface area contributed by atoms with E-state index in [4.69, 9.17) is 0 Å². The van der Waals surface area contributed by atoms with E-state index in [0.717, 1.165) is 9.36 Å². The van der Waals surface area contributed by atoms with E-state index in [-0.39, 0.29) is 24.0 Å². The van der Waals surface area contributed by atoms with Crippen LogP contribution in [0, 0.1) is 20.2 Å². The third-order valence-corrected chi connectivity index (χ3v) is 2.58. The van der Waals surface area contributed by atoms with Crippen molar-refractivity contribution >= 4 is 23.5 Å². The fourth-order valence-electron chi connectivity index (χ4n) is 1.77. The predicted octanol–water partition coefficient (Wildman–Crippen LogP) is -0.469. The highest BCUT2D eigenvalue weighted by molar-refractivity contribution is 5.76. The Morgan fingerprint density at radius 1 is 0.958 bits per heavy atom. The van der Waals surface area contributed by atoms with Crippen LogP contribution in [0.2, 0.25) is 0 Å². The lowest BCUT2D eigenvalue weighted by Crippen LogP contribution is -2.11. The number of ketones is 2. The molecule has 14 nitrogen and oxygen atoms in total. The highest BCUT2D eigenvalue weighted by Gasteiger charge is 2.32. The van der Waals surface area contributed by atoms with Crippen LogP contribution in [0.1, 0.15) is 13.8 Å². The molecular weight excluding hydrogens is 328 g/mol. The second-order valence-electron chi connectivity index (χ2n) is 4.70. The number of carbonyl (C=O) groups excluding carboxylic acids is 2. The first-order valence-corrected chi connectivity index (χ1v) is 6.36. The monoisotopic (exact) mass is 338 g/mol. The van der Waals surface area contributed by atoms with Crippen molar-refractivity contribution in [1.29, 1.82) is 0 Å². The number of hydrogen-bond acceptors (Lipinski definition) is 10. The van der Waals surface area contributed by atoms with Crippen LogP contribution in [0.15, 0.2) is 0 Å². The summed E-state index contributed by atoms with van der Waals surface area (Å²) in [5.41, 5.74) is 0. The van der Waals surface area contributed by atoms with Gasteiger partial charge in [0.15, 0.2) is 18.1 Å². The van der Waals surface area contributed by atoms with Crippen LogP contribution in [0.25, 0.3) is 11.6 Å². The molecule has 2 aromatic heterocycles. The maximum atomic E-state index is 11.2. The van der Waals surface area contributed by atoms with Crippen molar-refractivity contribution in [3.63, 3.8) is 0 Å². The molecule has 0 aliphatic heterocycles.